The summed E-state index contributed by atoms with van der Waals surface area (Å²) in [5, 5.41) is 0. The third kappa shape index (κ3) is 2.37. The summed E-state index contributed by atoms with van der Waals surface area (Å²) in [4.78, 5) is 0. The molecule has 6 fully saturated rings. The molecule has 0 heteroatoms. The van der Waals surface area contributed by atoms with Crippen LogP contribution < -0.4 is 0 Å². The van der Waals surface area contributed by atoms with E-state index in [0.29, 0.717) is 5.41 Å². The summed E-state index contributed by atoms with van der Waals surface area (Å²) in [6, 6.07) is 0. The molecule has 4 bridgehead atoms. The predicted octanol–water partition coefficient (Wildman–Crippen LogP) is 7.37. The van der Waals surface area contributed by atoms with Gasteiger partial charge in [0.15, 0.2) is 0 Å². The molecule has 6 rings (SSSR count). The summed E-state index contributed by atoms with van der Waals surface area (Å²) in [6.07, 6.45) is 25.3. The van der Waals surface area contributed by atoms with Gasteiger partial charge in [0, 0.05) is 0 Å². The fourth-order valence-corrected chi connectivity index (χ4v) is 9.37. The van der Waals surface area contributed by atoms with Crippen molar-refractivity contribution in [3.63, 3.8) is 0 Å². The van der Waals surface area contributed by atoms with E-state index < -0.39 is 0 Å². The highest BCUT2D eigenvalue weighted by Crippen LogP contribution is 2.71. The van der Waals surface area contributed by atoms with Crippen LogP contribution in [0, 0.1) is 40.4 Å². The van der Waals surface area contributed by atoms with Gasteiger partial charge >= 0.3 is 0 Å². The van der Waals surface area contributed by atoms with Crippen LogP contribution in [0.25, 0.3) is 0 Å². The van der Waals surface area contributed by atoms with E-state index >= 15 is 0 Å². The van der Waals surface area contributed by atoms with Crippen molar-refractivity contribution in [3.05, 3.63) is 0 Å². The van der Waals surface area contributed by atoms with Crippen LogP contribution in [0.4, 0.5) is 0 Å². The Morgan fingerprint density at radius 2 is 0.958 bits per heavy atom. The maximum absolute atomic E-state index is 2.87. The first-order valence-electron chi connectivity index (χ1n) is 11.7. The molecule has 0 amide bonds. The van der Waals surface area contributed by atoms with E-state index in [9.17, 15) is 0 Å². The first kappa shape index (κ1) is 16.2. The molecule has 6 saturated carbocycles. The molecule has 136 valence electrons. The Balaban J connectivity index is 1.52. The van der Waals surface area contributed by atoms with E-state index in [4.69, 9.17) is 0 Å². The van der Waals surface area contributed by atoms with Crippen LogP contribution in [-0.4, -0.2) is 0 Å². The zero-order chi connectivity index (χ0) is 16.2. The second kappa shape index (κ2) is 6.02. The number of rotatable bonds is 3. The number of hydrogen-bond donors (Lipinski definition) is 0. The quantitative estimate of drug-likeness (QED) is 0.507. The van der Waals surface area contributed by atoms with Gasteiger partial charge in [0.05, 0.1) is 0 Å². The molecule has 0 spiro atoms. The summed E-state index contributed by atoms with van der Waals surface area (Å²) < 4.78 is 0. The van der Waals surface area contributed by atoms with E-state index in [1.807, 2.05) is 0 Å². The van der Waals surface area contributed by atoms with Crippen molar-refractivity contribution >= 4 is 0 Å². The third-order valence-corrected chi connectivity index (χ3v) is 10.1. The zero-order valence-corrected chi connectivity index (χ0v) is 16.2. The molecule has 0 unspecified atom stereocenters. The van der Waals surface area contributed by atoms with Crippen LogP contribution >= 0.6 is 0 Å². The smallest absolute Gasteiger partial charge is 0.0212 e. The van der Waals surface area contributed by atoms with Crippen molar-refractivity contribution in [1.82, 2.24) is 0 Å². The van der Waals surface area contributed by atoms with Crippen LogP contribution in [0.3, 0.4) is 0 Å². The van der Waals surface area contributed by atoms with Crippen LogP contribution in [-0.2, 0) is 0 Å². The van der Waals surface area contributed by atoms with Gasteiger partial charge in [0.2, 0.25) is 0 Å². The number of hydrogen-bond acceptors (Lipinski definition) is 0. The summed E-state index contributed by atoms with van der Waals surface area (Å²) in [7, 11) is 0. The van der Waals surface area contributed by atoms with Crippen molar-refractivity contribution in [2.75, 3.05) is 0 Å². The van der Waals surface area contributed by atoms with Gasteiger partial charge in [0.25, 0.3) is 0 Å². The summed E-state index contributed by atoms with van der Waals surface area (Å²) in [5.41, 5.74) is 1.47. The Morgan fingerprint density at radius 3 is 1.33 bits per heavy atom. The molecule has 0 saturated heterocycles. The molecule has 0 atom stereocenters. The highest BCUT2D eigenvalue weighted by molar-refractivity contribution is 5.11. The summed E-state index contributed by atoms with van der Waals surface area (Å²) >= 11 is 0. The summed E-state index contributed by atoms with van der Waals surface area (Å²) in [5.74, 6) is 5.53. The van der Waals surface area contributed by atoms with Gasteiger partial charge in [-0.05, 0) is 105 Å². The lowest BCUT2D eigenvalue weighted by Gasteiger charge is -2.67. The van der Waals surface area contributed by atoms with Crippen molar-refractivity contribution in [2.45, 2.75) is 110 Å². The highest BCUT2D eigenvalue weighted by atomic mass is 14.7. The average molecular weight is 329 g/mol. The largest absolute Gasteiger partial charge is 0.0586 e. The first-order chi connectivity index (χ1) is 11.7. The van der Waals surface area contributed by atoms with Gasteiger partial charge in [-0.25, -0.2) is 0 Å². The zero-order valence-electron chi connectivity index (χ0n) is 16.2. The minimum atomic E-state index is 0.698. The van der Waals surface area contributed by atoms with Gasteiger partial charge < -0.3 is 0 Å². The average Bonchev–Trinajstić information content (AvgIpc) is 2.61. The minimum Gasteiger partial charge on any atom is -0.0586 e. The van der Waals surface area contributed by atoms with Crippen molar-refractivity contribution in [3.8, 4) is 0 Å². The van der Waals surface area contributed by atoms with Crippen LogP contribution in [0.2, 0.25) is 0 Å². The van der Waals surface area contributed by atoms with Gasteiger partial charge in [-0.15, -0.1) is 0 Å². The topological polar surface area (TPSA) is 0 Å². The fourth-order valence-electron chi connectivity index (χ4n) is 9.37. The molecular weight excluding hydrogens is 288 g/mol. The fraction of sp³-hybridized carbons (Fsp3) is 1.00. The Bertz CT molecular complexity index is 395. The Hall–Kier alpha value is 0. The molecule has 0 aromatic heterocycles. The normalized spacial score (nSPS) is 44.1. The molecule has 0 nitrogen and oxygen atoms in total. The Kier molecular flexibility index (Phi) is 4.06. The Labute approximate surface area is 150 Å². The first-order valence-corrected chi connectivity index (χ1v) is 11.7. The Morgan fingerprint density at radius 1 is 0.583 bits per heavy atom. The van der Waals surface area contributed by atoms with E-state index in [1.165, 1.54) is 12.8 Å². The molecule has 0 heterocycles. The minimum absolute atomic E-state index is 0.698. The predicted molar refractivity (Wildman–Crippen MR) is 102 cm³/mol. The molecule has 24 heavy (non-hydrogen) atoms. The maximum atomic E-state index is 2.87. The van der Waals surface area contributed by atoms with Gasteiger partial charge in [0.1, 0.15) is 0 Å². The van der Waals surface area contributed by atoms with Gasteiger partial charge in [-0.2, -0.15) is 0 Å². The molecule has 0 aromatic carbocycles. The van der Waals surface area contributed by atoms with Crippen LogP contribution in [0.5, 0.6) is 0 Å². The highest BCUT2D eigenvalue weighted by Gasteiger charge is 2.62. The van der Waals surface area contributed by atoms with Crippen molar-refractivity contribution in [1.29, 1.82) is 0 Å². The van der Waals surface area contributed by atoms with E-state index in [-0.39, 0.29) is 0 Å². The van der Waals surface area contributed by atoms with Crippen LogP contribution in [0.1, 0.15) is 110 Å². The lowest BCUT2D eigenvalue weighted by Crippen LogP contribution is -2.59. The van der Waals surface area contributed by atoms with Gasteiger partial charge in [-0.3, -0.25) is 0 Å². The van der Waals surface area contributed by atoms with Gasteiger partial charge in [-0.1, -0.05) is 45.4 Å². The lowest BCUT2D eigenvalue weighted by molar-refractivity contribution is -0.180. The molecule has 0 N–H and O–H groups in total. The van der Waals surface area contributed by atoms with E-state index in [1.54, 1.807) is 89.9 Å². The van der Waals surface area contributed by atoms with Crippen molar-refractivity contribution < 1.29 is 0 Å². The third-order valence-electron chi connectivity index (χ3n) is 10.1. The molecule has 0 aliphatic heterocycles. The molecule has 0 aromatic rings. The molecule has 6 aliphatic carbocycles. The standard InChI is InChI=1S/C24H40/c1-23(21-8-4-2-5-9-21,22-10-6-3-7-11-22)24-15-18-12-19(16-24)14-20(13-18)17-24/h18-22H,2-17H2,1H3. The van der Waals surface area contributed by atoms with E-state index in [0.717, 1.165) is 35.0 Å². The van der Waals surface area contributed by atoms with E-state index in [2.05, 4.69) is 6.92 Å². The summed E-state index contributed by atoms with van der Waals surface area (Å²) in [6.45, 7) is 2.87. The monoisotopic (exact) mass is 328 g/mol. The molecule has 0 radical (unpaired) electrons. The SMILES string of the molecule is CC(C1CCCCC1)(C1CCCCC1)C12CC3CC(CC(C3)C1)C2. The van der Waals surface area contributed by atoms with Crippen molar-refractivity contribution in [2.24, 2.45) is 40.4 Å². The van der Waals surface area contributed by atoms with Crippen LogP contribution in [0.15, 0.2) is 0 Å². The molecular formula is C24H40. The molecule has 6 aliphatic rings. The second-order valence-electron chi connectivity index (χ2n) is 11.2. The lowest BCUT2D eigenvalue weighted by atomic mass is 9.37. The second-order valence-corrected chi connectivity index (χ2v) is 11.2. The maximum Gasteiger partial charge on any atom is -0.0212 e.